The van der Waals surface area contributed by atoms with Crippen LogP contribution in [0.3, 0.4) is 0 Å². The smallest absolute Gasteiger partial charge is 0.252 e. The summed E-state index contributed by atoms with van der Waals surface area (Å²) in [4.78, 5) is 22.1. The summed E-state index contributed by atoms with van der Waals surface area (Å²) >= 11 is 0. The second-order valence-corrected chi connectivity index (χ2v) is 10.1. The molecule has 0 saturated heterocycles. The Balaban J connectivity index is 1.79. The van der Waals surface area contributed by atoms with E-state index < -0.39 is 11.6 Å². The fourth-order valence-electron chi connectivity index (χ4n) is 4.64. The number of aliphatic imine (C=N–C) groups is 1. The summed E-state index contributed by atoms with van der Waals surface area (Å²) in [6, 6.07) is 24.6. The van der Waals surface area contributed by atoms with Crippen molar-refractivity contribution in [3.63, 3.8) is 0 Å². The number of aliphatic hydroxyl groups excluding tert-OH is 1. The van der Waals surface area contributed by atoms with Crippen molar-refractivity contribution in [2.75, 3.05) is 19.8 Å². The average molecular weight is 542 g/mol. The molecule has 0 spiro atoms. The van der Waals surface area contributed by atoms with Crippen molar-refractivity contribution in [1.29, 1.82) is 0 Å². The predicted molar refractivity (Wildman–Crippen MR) is 154 cm³/mol. The quantitative estimate of drug-likeness (QED) is 0.128. The minimum absolute atomic E-state index is 0.0660. The lowest BCUT2D eigenvalue weighted by molar-refractivity contribution is -0.129. The van der Waals surface area contributed by atoms with Gasteiger partial charge in [0.1, 0.15) is 5.75 Å². The summed E-state index contributed by atoms with van der Waals surface area (Å²) in [5.41, 5.74) is 10.9. The first-order valence-electron chi connectivity index (χ1n) is 13.5. The first kappa shape index (κ1) is 28.7. The number of hydrogen-bond donors (Lipinski definition) is 2. The van der Waals surface area contributed by atoms with E-state index in [1.54, 1.807) is 0 Å². The molecule has 4 rings (SSSR count). The number of carbonyl (C=O) groups excluding carboxylic acids is 1. The summed E-state index contributed by atoms with van der Waals surface area (Å²) in [7, 11) is 0. The molecule has 9 nitrogen and oxygen atoms in total. The lowest BCUT2D eigenvalue weighted by Crippen LogP contribution is -2.50. The molecule has 1 aliphatic rings. The van der Waals surface area contributed by atoms with Gasteiger partial charge < -0.3 is 19.9 Å². The molecule has 208 valence electrons. The Hall–Kier alpha value is -4.33. The molecule has 1 heterocycles. The number of nitrogens with one attached hydrogen (secondary N) is 1. The molecule has 3 aromatic rings. The number of amides is 1. The lowest BCUT2D eigenvalue weighted by atomic mass is 9.81. The van der Waals surface area contributed by atoms with E-state index in [4.69, 9.17) is 25.1 Å². The molecule has 9 heteroatoms. The monoisotopic (exact) mass is 541 g/mol. The number of benzene rings is 3. The van der Waals surface area contributed by atoms with Gasteiger partial charge in [0.25, 0.3) is 5.91 Å². The first-order valence-corrected chi connectivity index (χ1v) is 13.5. The number of rotatable bonds is 13. The fraction of sp³-hybridized carbons (Fsp3) is 0.355. The van der Waals surface area contributed by atoms with E-state index in [0.717, 1.165) is 22.3 Å². The highest BCUT2D eigenvalue weighted by Gasteiger charge is 2.53. The third kappa shape index (κ3) is 6.81. The van der Waals surface area contributed by atoms with Crippen LogP contribution in [-0.2, 0) is 22.5 Å². The summed E-state index contributed by atoms with van der Waals surface area (Å²) in [6.07, 6.45) is 0.106. The molecule has 0 aromatic heterocycles. The minimum Gasteiger partial charge on any atom is -0.494 e. The van der Waals surface area contributed by atoms with Gasteiger partial charge in [-0.2, -0.15) is 0 Å². The second-order valence-electron chi connectivity index (χ2n) is 10.1. The molecule has 0 aliphatic carbocycles. The Morgan fingerprint density at radius 2 is 1.80 bits per heavy atom. The fourth-order valence-corrected chi connectivity index (χ4v) is 4.64. The van der Waals surface area contributed by atoms with E-state index in [9.17, 15) is 4.79 Å². The van der Waals surface area contributed by atoms with Crippen LogP contribution in [0.2, 0.25) is 0 Å². The zero-order valence-electron chi connectivity index (χ0n) is 22.9. The summed E-state index contributed by atoms with van der Waals surface area (Å²) in [5.74, 6) is 1.05. The predicted octanol–water partition coefficient (Wildman–Crippen LogP) is 5.53. The highest BCUT2D eigenvalue weighted by Crippen LogP contribution is 2.43. The maximum absolute atomic E-state index is 14.1. The van der Waals surface area contributed by atoms with Crippen LogP contribution < -0.4 is 10.1 Å². The molecule has 40 heavy (non-hydrogen) atoms. The largest absolute Gasteiger partial charge is 0.494 e. The molecular weight excluding hydrogens is 506 g/mol. The van der Waals surface area contributed by atoms with E-state index in [2.05, 4.69) is 15.3 Å². The van der Waals surface area contributed by atoms with Crippen LogP contribution in [0.1, 0.15) is 48.6 Å². The van der Waals surface area contributed by atoms with Crippen LogP contribution in [0, 0.1) is 5.92 Å². The zero-order chi connectivity index (χ0) is 28.4. The topological polar surface area (TPSA) is 129 Å². The minimum atomic E-state index is -1.31. The number of hydrogen-bond acceptors (Lipinski definition) is 6. The van der Waals surface area contributed by atoms with Crippen molar-refractivity contribution in [3.8, 4) is 5.75 Å². The van der Waals surface area contributed by atoms with Gasteiger partial charge in [-0.25, -0.2) is 4.99 Å². The molecule has 0 saturated carbocycles. The summed E-state index contributed by atoms with van der Waals surface area (Å²) in [6.45, 7) is 5.23. The van der Waals surface area contributed by atoms with Crippen molar-refractivity contribution in [2.24, 2.45) is 16.0 Å². The van der Waals surface area contributed by atoms with Crippen molar-refractivity contribution >= 4 is 11.8 Å². The van der Waals surface area contributed by atoms with Crippen LogP contribution in [0.15, 0.2) is 89.0 Å². The van der Waals surface area contributed by atoms with Crippen molar-refractivity contribution < 1.29 is 19.4 Å². The average Bonchev–Trinajstić information content (AvgIpc) is 3.37. The Morgan fingerprint density at radius 3 is 2.48 bits per heavy atom. The number of carbonyl (C=O) groups is 1. The lowest BCUT2D eigenvalue weighted by Gasteiger charge is -2.31. The van der Waals surface area contributed by atoms with Gasteiger partial charge in [0.2, 0.25) is 5.90 Å². The Bertz CT molecular complexity index is 1350. The van der Waals surface area contributed by atoms with Gasteiger partial charge in [-0.15, -0.1) is 0 Å². The first-order chi connectivity index (χ1) is 19.5. The highest BCUT2D eigenvalue weighted by molar-refractivity contribution is 6.01. The van der Waals surface area contributed by atoms with Crippen molar-refractivity contribution in [1.82, 2.24) is 5.32 Å². The van der Waals surface area contributed by atoms with Crippen LogP contribution in [-0.4, -0.2) is 42.2 Å². The van der Waals surface area contributed by atoms with Gasteiger partial charge in [0.15, 0.2) is 11.6 Å². The number of nitrogens with zero attached hydrogens (tertiary/aromatic N) is 4. The van der Waals surface area contributed by atoms with Crippen LogP contribution in [0.4, 0.5) is 0 Å². The molecule has 0 bridgehead atoms. The molecule has 1 aliphatic heterocycles. The van der Waals surface area contributed by atoms with E-state index >= 15 is 0 Å². The van der Waals surface area contributed by atoms with Crippen LogP contribution in [0.25, 0.3) is 10.4 Å². The summed E-state index contributed by atoms with van der Waals surface area (Å²) < 4.78 is 12.2. The molecular formula is C31H35N5O4. The van der Waals surface area contributed by atoms with Gasteiger partial charge in [-0.05, 0) is 52.4 Å². The standard InChI is InChI=1S/C31H35N5O4/c1-22(2)20-33-30(38)31(19-25-11-6-7-12-26(25)21-34-36-32)28(23-9-4-3-5-10-23)40-29(35-31)24-13-15-27(16-14-24)39-18-8-17-37/h3-7,9-16,22,28,37H,8,17-21H2,1-2H3,(H,33,38)/t28-,31-/m1/s1. The maximum atomic E-state index is 14.1. The molecule has 2 N–H and O–H groups in total. The third-order valence-corrected chi connectivity index (χ3v) is 6.69. The summed E-state index contributed by atoms with van der Waals surface area (Å²) in [5, 5.41) is 15.9. The Kier molecular flexibility index (Phi) is 9.78. The SMILES string of the molecule is CC(C)CNC(=O)[C@]1(Cc2ccccc2CN=[N+]=[N-])N=C(c2ccc(OCCCO)cc2)O[C@@H]1c1ccccc1. The number of azide groups is 1. The number of aliphatic hydroxyl groups is 1. The van der Waals surface area contributed by atoms with Gasteiger partial charge in [0, 0.05) is 36.5 Å². The Labute approximate surface area is 234 Å². The molecule has 2 atom stereocenters. The van der Waals surface area contributed by atoms with Crippen molar-refractivity contribution in [2.45, 2.75) is 44.9 Å². The molecule has 0 fully saturated rings. The van der Waals surface area contributed by atoms with Crippen LogP contribution >= 0.6 is 0 Å². The molecule has 3 aromatic carbocycles. The van der Waals surface area contributed by atoms with E-state index in [-0.39, 0.29) is 31.4 Å². The van der Waals surface area contributed by atoms with Gasteiger partial charge >= 0.3 is 0 Å². The third-order valence-electron chi connectivity index (χ3n) is 6.69. The Morgan fingerprint density at radius 1 is 1.10 bits per heavy atom. The second kappa shape index (κ2) is 13.6. The van der Waals surface area contributed by atoms with Crippen molar-refractivity contribution in [3.05, 3.63) is 112 Å². The molecule has 0 unspecified atom stereocenters. The van der Waals surface area contributed by atoms with Gasteiger partial charge in [0.05, 0.1) is 13.2 Å². The van der Waals surface area contributed by atoms with Crippen LogP contribution in [0.5, 0.6) is 5.75 Å². The highest BCUT2D eigenvalue weighted by atomic mass is 16.5. The maximum Gasteiger partial charge on any atom is 0.252 e. The van der Waals surface area contributed by atoms with Gasteiger partial charge in [-0.3, -0.25) is 4.79 Å². The number of ether oxygens (including phenoxy) is 2. The molecule has 0 radical (unpaired) electrons. The van der Waals surface area contributed by atoms with Gasteiger partial charge in [-0.1, -0.05) is 73.6 Å². The van der Waals surface area contributed by atoms with E-state index in [1.807, 2.05) is 92.7 Å². The normalized spacial score (nSPS) is 18.0. The zero-order valence-corrected chi connectivity index (χ0v) is 22.9. The van der Waals surface area contributed by atoms with E-state index in [0.29, 0.717) is 31.2 Å². The molecule has 1 amide bonds. The van der Waals surface area contributed by atoms with E-state index in [1.165, 1.54) is 0 Å².